The number of para-hydroxylation sites is 1. The van der Waals surface area contributed by atoms with Crippen LogP contribution in [0.3, 0.4) is 0 Å². The van der Waals surface area contributed by atoms with Crippen LogP contribution in [-0.4, -0.2) is 15.6 Å². The van der Waals surface area contributed by atoms with Gasteiger partial charge in [-0.2, -0.15) is 0 Å². The summed E-state index contributed by atoms with van der Waals surface area (Å²) in [5.74, 6) is -0.943. The average Bonchev–Trinajstić information content (AvgIpc) is 2.91. The third-order valence-corrected chi connectivity index (χ3v) is 3.64. The van der Waals surface area contributed by atoms with Crippen LogP contribution >= 0.6 is 0 Å². The maximum absolute atomic E-state index is 10.5. The Hall–Kier alpha value is -3.07. The number of rotatable bonds is 5. The van der Waals surface area contributed by atoms with E-state index in [2.05, 4.69) is 35.0 Å². The summed E-state index contributed by atoms with van der Waals surface area (Å²) in [6.07, 6.45) is 8.44. The molecule has 3 heteroatoms. The molecule has 0 atom stereocenters. The zero-order valence-electron chi connectivity index (χ0n) is 12.6. The van der Waals surface area contributed by atoms with Crippen molar-refractivity contribution in [3.63, 3.8) is 0 Å². The summed E-state index contributed by atoms with van der Waals surface area (Å²) in [6, 6.07) is 18.5. The summed E-state index contributed by atoms with van der Waals surface area (Å²) in [4.78, 5) is 10.5. The highest BCUT2D eigenvalue weighted by molar-refractivity contribution is 5.90. The van der Waals surface area contributed by atoms with Crippen LogP contribution < -0.4 is 0 Å². The second kappa shape index (κ2) is 6.79. The van der Waals surface area contributed by atoms with Gasteiger partial charge in [0.25, 0.3) is 0 Å². The highest BCUT2D eigenvalue weighted by atomic mass is 16.4. The maximum atomic E-state index is 10.5. The van der Waals surface area contributed by atoms with Gasteiger partial charge in [0.05, 0.1) is 0 Å². The van der Waals surface area contributed by atoms with Gasteiger partial charge in [0.15, 0.2) is 0 Å². The first-order valence-corrected chi connectivity index (χ1v) is 7.43. The predicted octanol–water partition coefficient (Wildman–Crippen LogP) is 4.34. The van der Waals surface area contributed by atoms with Gasteiger partial charge >= 0.3 is 5.97 Å². The second-order valence-electron chi connectivity index (χ2n) is 5.27. The first-order valence-electron chi connectivity index (χ1n) is 7.43. The molecule has 0 saturated carbocycles. The number of carboxylic acids is 1. The normalized spacial score (nSPS) is 11.7. The molecule has 0 spiro atoms. The predicted molar refractivity (Wildman–Crippen MR) is 93.3 cm³/mol. The summed E-state index contributed by atoms with van der Waals surface area (Å²) >= 11 is 0. The first kappa shape index (κ1) is 14.9. The van der Waals surface area contributed by atoms with Gasteiger partial charge < -0.3 is 9.67 Å². The average molecular weight is 303 g/mol. The van der Waals surface area contributed by atoms with Gasteiger partial charge in [-0.3, -0.25) is 0 Å². The van der Waals surface area contributed by atoms with Crippen LogP contribution in [0, 0.1) is 0 Å². The summed E-state index contributed by atoms with van der Waals surface area (Å²) in [5.41, 5.74) is 3.49. The molecule has 1 N–H and O–H groups in total. The molecule has 0 fully saturated rings. The molecule has 0 aliphatic carbocycles. The van der Waals surface area contributed by atoms with Crippen molar-refractivity contribution in [3.05, 3.63) is 90.1 Å². The zero-order valence-corrected chi connectivity index (χ0v) is 12.6. The number of hydrogen-bond acceptors (Lipinski definition) is 1. The van der Waals surface area contributed by atoms with E-state index < -0.39 is 5.97 Å². The molecule has 3 nitrogen and oxygen atoms in total. The van der Waals surface area contributed by atoms with E-state index >= 15 is 0 Å². The van der Waals surface area contributed by atoms with Crippen molar-refractivity contribution in [1.29, 1.82) is 0 Å². The number of fused-ring (bicyclic) bond motifs is 1. The van der Waals surface area contributed by atoms with Crippen molar-refractivity contribution in [2.24, 2.45) is 0 Å². The Balaban J connectivity index is 1.95. The number of aliphatic carboxylic acids is 1. The molecule has 0 radical (unpaired) electrons. The van der Waals surface area contributed by atoms with Gasteiger partial charge in [-0.25, -0.2) is 4.79 Å². The van der Waals surface area contributed by atoms with E-state index in [1.807, 2.05) is 36.4 Å². The van der Waals surface area contributed by atoms with Crippen LogP contribution in [0.4, 0.5) is 0 Å². The molecule has 0 amide bonds. The van der Waals surface area contributed by atoms with Crippen LogP contribution in [-0.2, 0) is 11.3 Å². The van der Waals surface area contributed by atoms with Crippen LogP contribution in [0.1, 0.15) is 11.1 Å². The second-order valence-corrected chi connectivity index (χ2v) is 5.27. The molecule has 0 bridgehead atoms. The molecule has 0 aliphatic rings. The van der Waals surface area contributed by atoms with Crippen molar-refractivity contribution in [3.8, 4) is 0 Å². The SMILES string of the molecule is O=C(O)/C=C/C=C/c1cn(Cc2ccccc2)c2ccccc12. The van der Waals surface area contributed by atoms with Crippen LogP contribution in [0.5, 0.6) is 0 Å². The minimum atomic E-state index is -0.943. The number of benzene rings is 2. The van der Waals surface area contributed by atoms with Crippen molar-refractivity contribution < 1.29 is 9.90 Å². The molecule has 3 aromatic rings. The van der Waals surface area contributed by atoms with Crippen LogP contribution in [0.25, 0.3) is 17.0 Å². The van der Waals surface area contributed by atoms with Gasteiger partial charge in [-0.15, -0.1) is 0 Å². The standard InChI is InChI=1S/C20H17NO2/c22-20(23)13-7-4-10-17-15-21(14-16-8-2-1-3-9-16)19-12-6-5-11-18(17)19/h1-13,15H,14H2,(H,22,23)/b10-4+,13-7+. The number of allylic oxidation sites excluding steroid dienone is 2. The molecule has 3 rings (SSSR count). The molecular weight excluding hydrogens is 286 g/mol. The fraction of sp³-hybridized carbons (Fsp3) is 0.0500. The van der Waals surface area contributed by atoms with E-state index in [1.165, 1.54) is 17.2 Å². The van der Waals surface area contributed by atoms with E-state index in [1.54, 1.807) is 6.08 Å². The number of hydrogen-bond donors (Lipinski definition) is 1. The Labute approximate surface area is 134 Å². The number of aromatic nitrogens is 1. The Kier molecular flexibility index (Phi) is 4.39. The number of carbonyl (C=O) groups is 1. The summed E-state index contributed by atoms with van der Waals surface area (Å²) < 4.78 is 2.21. The monoisotopic (exact) mass is 303 g/mol. The molecule has 0 aliphatic heterocycles. The van der Waals surface area contributed by atoms with Gasteiger partial charge in [0.1, 0.15) is 0 Å². The quantitative estimate of drug-likeness (QED) is 0.562. The zero-order chi connectivity index (χ0) is 16.1. The van der Waals surface area contributed by atoms with Crippen molar-refractivity contribution in [1.82, 2.24) is 4.57 Å². The fourth-order valence-corrected chi connectivity index (χ4v) is 2.62. The first-order chi connectivity index (χ1) is 11.2. The molecule has 2 aromatic carbocycles. The van der Waals surface area contributed by atoms with Crippen molar-refractivity contribution in [2.45, 2.75) is 6.54 Å². The number of carboxylic acid groups (broad SMARTS) is 1. The van der Waals surface area contributed by atoms with E-state index in [9.17, 15) is 4.79 Å². The molecule has 1 aromatic heterocycles. The van der Waals surface area contributed by atoms with Gasteiger partial charge in [0.2, 0.25) is 0 Å². The molecular formula is C20H17NO2. The van der Waals surface area contributed by atoms with E-state index in [0.29, 0.717) is 0 Å². The van der Waals surface area contributed by atoms with E-state index in [0.717, 1.165) is 23.6 Å². The minimum absolute atomic E-state index is 0.806. The Morgan fingerprint density at radius 1 is 1.00 bits per heavy atom. The topological polar surface area (TPSA) is 42.2 Å². The van der Waals surface area contributed by atoms with E-state index in [4.69, 9.17) is 5.11 Å². The summed E-state index contributed by atoms with van der Waals surface area (Å²) in [5, 5.41) is 9.78. The third-order valence-electron chi connectivity index (χ3n) is 3.64. The molecule has 114 valence electrons. The highest BCUT2D eigenvalue weighted by Gasteiger charge is 2.06. The lowest BCUT2D eigenvalue weighted by Gasteiger charge is -2.05. The lowest BCUT2D eigenvalue weighted by Crippen LogP contribution is -1.97. The molecule has 0 unspecified atom stereocenters. The van der Waals surface area contributed by atoms with Gasteiger partial charge in [-0.1, -0.05) is 66.8 Å². The summed E-state index contributed by atoms with van der Waals surface area (Å²) in [7, 11) is 0. The molecule has 0 saturated heterocycles. The lowest BCUT2D eigenvalue weighted by atomic mass is 10.1. The largest absolute Gasteiger partial charge is 0.478 e. The summed E-state index contributed by atoms with van der Waals surface area (Å²) in [6.45, 7) is 0.806. The van der Waals surface area contributed by atoms with Crippen LogP contribution in [0.2, 0.25) is 0 Å². The fourth-order valence-electron chi connectivity index (χ4n) is 2.62. The highest BCUT2D eigenvalue weighted by Crippen LogP contribution is 2.23. The lowest BCUT2D eigenvalue weighted by molar-refractivity contribution is -0.131. The van der Waals surface area contributed by atoms with E-state index in [-0.39, 0.29) is 0 Å². The van der Waals surface area contributed by atoms with Crippen molar-refractivity contribution in [2.75, 3.05) is 0 Å². The molecule has 23 heavy (non-hydrogen) atoms. The van der Waals surface area contributed by atoms with Crippen LogP contribution in [0.15, 0.2) is 79.0 Å². The maximum Gasteiger partial charge on any atom is 0.328 e. The van der Waals surface area contributed by atoms with Crippen molar-refractivity contribution >= 4 is 22.9 Å². The van der Waals surface area contributed by atoms with Gasteiger partial charge in [0, 0.05) is 29.7 Å². The smallest absolute Gasteiger partial charge is 0.328 e. The Morgan fingerprint density at radius 3 is 2.52 bits per heavy atom. The Bertz CT molecular complexity index is 873. The van der Waals surface area contributed by atoms with Gasteiger partial charge in [-0.05, 0) is 17.2 Å². The minimum Gasteiger partial charge on any atom is -0.478 e. The Morgan fingerprint density at radius 2 is 1.74 bits per heavy atom. The molecule has 1 heterocycles. The third kappa shape index (κ3) is 3.58. The number of nitrogens with zero attached hydrogens (tertiary/aromatic N) is 1.